The van der Waals surface area contributed by atoms with Gasteiger partial charge >= 0.3 is 11.8 Å². The van der Waals surface area contributed by atoms with Crippen LogP contribution in [0.1, 0.15) is 0 Å². The van der Waals surface area contributed by atoms with Crippen molar-refractivity contribution in [3.63, 3.8) is 0 Å². The molecule has 13 heteroatoms. The van der Waals surface area contributed by atoms with Crippen LogP contribution in [0.4, 0.5) is 25.0 Å². The highest BCUT2D eigenvalue weighted by molar-refractivity contribution is 7.91. The van der Waals surface area contributed by atoms with Crippen LogP contribution in [0.2, 0.25) is 0 Å². The van der Waals surface area contributed by atoms with E-state index in [2.05, 4.69) is 16.2 Å². The van der Waals surface area contributed by atoms with E-state index in [1.807, 2.05) is 0 Å². The Morgan fingerprint density at radius 1 is 0.852 bits per heavy atom. The Balaban J connectivity index is 1.94. The number of nitrogens with two attached hydrogens (primary N) is 1. The molecule has 0 saturated heterocycles. The number of rotatable bonds is 6. The van der Waals surface area contributed by atoms with Gasteiger partial charge in [-0.05, 0) is 48.5 Å². The van der Waals surface area contributed by atoms with Gasteiger partial charge in [-0.1, -0.05) is 0 Å². The zero-order chi connectivity index (χ0) is 20.2. The third kappa shape index (κ3) is 5.35. The molecule has 2 aromatic carbocycles. The first-order valence-electron chi connectivity index (χ1n) is 7.08. The van der Waals surface area contributed by atoms with E-state index in [4.69, 9.17) is 5.14 Å². The summed E-state index contributed by atoms with van der Waals surface area (Å²) in [6, 6.07) is 8.66. The molecule has 2 amide bonds. The van der Waals surface area contributed by atoms with Crippen LogP contribution in [0.15, 0.2) is 58.3 Å². The van der Waals surface area contributed by atoms with E-state index in [-0.39, 0.29) is 16.3 Å². The lowest BCUT2D eigenvalue weighted by Crippen LogP contribution is -2.33. The van der Waals surface area contributed by atoms with Crippen molar-refractivity contribution in [2.75, 3.05) is 10.7 Å². The van der Waals surface area contributed by atoms with Gasteiger partial charge in [0, 0.05) is 5.69 Å². The van der Waals surface area contributed by atoms with Crippen LogP contribution in [0, 0.1) is 0 Å². The Morgan fingerprint density at radius 3 is 1.81 bits per heavy atom. The minimum Gasteiger partial charge on any atom is -0.307 e. The lowest BCUT2D eigenvalue weighted by Gasteiger charge is -2.11. The number of amides is 2. The topological polar surface area (TPSA) is 147 Å². The Hall–Kier alpha value is -2.77. The van der Waals surface area contributed by atoms with E-state index in [0.717, 1.165) is 12.1 Å². The number of sulfone groups is 1. The first-order chi connectivity index (χ1) is 12.5. The molecule has 0 unspecified atom stereocenters. The number of hydrogen-bond acceptors (Lipinski definition) is 6. The van der Waals surface area contributed by atoms with Crippen molar-refractivity contribution < 1.29 is 30.4 Å². The minimum absolute atomic E-state index is 0.120. The van der Waals surface area contributed by atoms with Crippen LogP contribution in [0.25, 0.3) is 0 Å². The van der Waals surface area contributed by atoms with E-state index in [1.165, 1.54) is 36.4 Å². The molecule has 0 heterocycles. The Bertz CT molecular complexity index is 1020. The summed E-state index contributed by atoms with van der Waals surface area (Å²) in [6.45, 7) is 0. The molecule has 0 radical (unpaired) electrons. The summed E-state index contributed by atoms with van der Waals surface area (Å²) in [5.41, 5.74) is 5.20. The maximum Gasteiger partial charge on any atom is 0.341 e. The van der Waals surface area contributed by atoms with E-state index in [0.29, 0.717) is 0 Å². The first kappa shape index (κ1) is 20.5. The molecule has 0 aliphatic carbocycles. The smallest absolute Gasteiger partial charge is 0.307 e. The lowest BCUT2D eigenvalue weighted by molar-refractivity contribution is 0.234. The van der Waals surface area contributed by atoms with Crippen LogP contribution in [0.3, 0.4) is 0 Å². The van der Waals surface area contributed by atoms with Crippen LogP contribution in [0.5, 0.6) is 0 Å². The number of primary sulfonamides is 1. The van der Waals surface area contributed by atoms with Gasteiger partial charge in [0.05, 0.1) is 15.5 Å². The number of urea groups is 1. The number of hydrogen-bond donors (Lipinski definition) is 4. The van der Waals surface area contributed by atoms with Gasteiger partial charge in [-0.15, -0.1) is 0 Å². The third-order valence-corrected chi connectivity index (χ3v) is 5.51. The Morgan fingerprint density at radius 2 is 1.33 bits per heavy atom. The number of hydrazine groups is 1. The second kappa shape index (κ2) is 7.85. The standard InChI is InChI=1S/C14H14F2N4O5S2/c15-13(16)26(22,23)11-5-3-10(4-6-11)19-20-14(21)18-9-1-7-12(8-2-9)27(17,24)25/h1-8,13,19H,(H2,17,24,25)(H2,18,20,21). The molecule has 0 bridgehead atoms. The summed E-state index contributed by atoms with van der Waals surface area (Å²) in [5.74, 6) is -3.53. The number of halogens is 2. The van der Waals surface area contributed by atoms with Gasteiger partial charge in [-0.2, -0.15) is 8.78 Å². The summed E-state index contributed by atoms with van der Waals surface area (Å²) >= 11 is 0. The Labute approximate surface area is 153 Å². The summed E-state index contributed by atoms with van der Waals surface area (Å²) < 4.78 is 69.8. The van der Waals surface area contributed by atoms with Gasteiger partial charge in [0.2, 0.25) is 19.9 Å². The van der Waals surface area contributed by atoms with Crippen LogP contribution < -0.4 is 21.3 Å². The SMILES string of the molecule is NS(=O)(=O)c1ccc(NC(=O)NNc2ccc(S(=O)(=O)C(F)F)cc2)cc1. The second-order valence-electron chi connectivity index (χ2n) is 5.10. The average molecular weight is 420 g/mol. The number of alkyl halides is 2. The molecule has 27 heavy (non-hydrogen) atoms. The van der Waals surface area contributed by atoms with Crippen molar-refractivity contribution in [1.29, 1.82) is 0 Å². The van der Waals surface area contributed by atoms with Gasteiger partial charge < -0.3 is 5.32 Å². The van der Waals surface area contributed by atoms with Gasteiger partial charge in [-0.25, -0.2) is 26.8 Å². The van der Waals surface area contributed by atoms with Gasteiger partial charge in [0.1, 0.15) is 0 Å². The monoisotopic (exact) mass is 420 g/mol. The molecule has 9 nitrogen and oxygen atoms in total. The van der Waals surface area contributed by atoms with E-state index < -0.39 is 36.5 Å². The Kier molecular flexibility index (Phi) is 5.98. The second-order valence-corrected chi connectivity index (χ2v) is 8.58. The highest BCUT2D eigenvalue weighted by Crippen LogP contribution is 2.20. The van der Waals surface area contributed by atoms with Crippen LogP contribution in [-0.4, -0.2) is 28.6 Å². The van der Waals surface area contributed by atoms with Crippen molar-refractivity contribution in [2.24, 2.45) is 5.14 Å². The van der Waals surface area contributed by atoms with Gasteiger partial charge in [0.25, 0.3) is 0 Å². The van der Waals surface area contributed by atoms with E-state index in [9.17, 15) is 30.4 Å². The quantitative estimate of drug-likeness (QED) is 0.521. The number of anilines is 2. The molecular formula is C14H14F2N4O5S2. The summed E-state index contributed by atoms with van der Waals surface area (Å²) in [7, 11) is -8.54. The molecule has 0 fully saturated rings. The molecule has 0 aliphatic rings. The highest BCUT2D eigenvalue weighted by atomic mass is 32.2. The van der Waals surface area contributed by atoms with Crippen molar-refractivity contribution in [3.8, 4) is 0 Å². The maximum absolute atomic E-state index is 12.4. The molecule has 0 spiro atoms. The number of nitrogens with one attached hydrogen (secondary N) is 3. The average Bonchev–Trinajstić information content (AvgIpc) is 2.60. The fraction of sp³-hybridized carbons (Fsp3) is 0.0714. The van der Waals surface area contributed by atoms with Crippen LogP contribution >= 0.6 is 0 Å². The minimum atomic E-state index is -4.69. The largest absolute Gasteiger partial charge is 0.341 e. The van der Waals surface area contributed by atoms with Crippen molar-refractivity contribution >= 4 is 37.3 Å². The predicted octanol–water partition coefficient (Wildman–Crippen LogP) is 1.48. The fourth-order valence-corrected chi connectivity index (χ4v) is 3.09. The molecule has 0 aromatic heterocycles. The van der Waals surface area contributed by atoms with Crippen LogP contribution in [-0.2, 0) is 19.9 Å². The van der Waals surface area contributed by atoms with E-state index in [1.54, 1.807) is 0 Å². The number of sulfonamides is 1. The molecule has 146 valence electrons. The van der Waals surface area contributed by atoms with E-state index >= 15 is 0 Å². The highest BCUT2D eigenvalue weighted by Gasteiger charge is 2.26. The summed E-state index contributed by atoms with van der Waals surface area (Å²) in [4.78, 5) is 11.1. The number of carbonyl (C=O) groups excluding carboxylic acids is 1. The zero-order valence-corrected chi connectivity index (χ0v) is 15.0. The molecule has 5 N–H and O–H groups in total. The molecular weight excluding hydrogens is 406 g/mol. The third-order valence-electron chi connectivity index (χ3n) is 3.18. The molecule has 2 rings (SSSR count). The van der Waals surface area contributed by atoms with Crippen molar-refractivity contribution in [1.82, 2.24) is 5.43 Å². The van der Waals surface area contributed by atoms with Crippen molar-refractivity contribution in [3.05, 3.63) is 48.5 Å². The number of benzene rings is 2. The normalized spacial score (nSPS) is 11.9. The zero-order valence-electron chi connectivity index (χ0n) is 13.4. The molecule has 0 saturated carbocycles. The predicted molar refractivity (Wildman–Crippen MR) is 93.2 cm³/mol. The maximum atomic E-state index is 12.4. The first-order valence-corrected chi connectivity index (χ1v) is 10.2. The lowest BCUT2D eigenvalue weighted by atomic mass is 10.3. The fourth-order valence-electron chi connectivity index (χ4n) is 1.85. The molecule has 0 aliphatic heterocycles. The molecule has 2 aromatic rings. The summed E-state index contributed by atoms with van der Waals surface area (Å²) in [6.07, 6.45) is 0. The molecule has 0 atom stereocenters. The van der Waals surface area contributed by atoms with Crippen molar-refractivity contribution in [2.45, 2.75) is 15.5 Å². The van der Waals surface area contributed by atoms with Gasteiger partial charge in [-0.3, -0.25) is 10.9 Å². The summed E-state index contributed by atoms with van der Waals surface area (Å²) in [5, 5.41) is 7.36. The number of carbonyl (C=O) groups is 1. The van der Waals surface area contributed by atoms with Gasteiger partial charge in [0.15, 0.2) is 0 Å².